The molecule has 0 radical (unpaired) electrons. The number of aromatic nitrogens is 3. The van der Waals surface area contributed by atoms with Gasteiger partial charge in [0.1, 0.15) is 0 Å². The van der Waals surface area contributed by atoms with Gasteiger partial charge in [0.25, 0.3) is 5.91 Å². The molecule has 4 aromatic rings. The molecule has 1 aliphatic rings. The monoisotopic (exact) mass is 367 g/mol. The minimum Gasteiger partial charge on any atom is -0.324 e. The summed E-state index contributed by atoms with van der Waals surface area (Å²) in [5, 5.41) is 2.84. The molecule has 28 heavy (non-hydrogen) atoms. The fourth-order valence-electron chi connectivity index (χ4n) is 3.41. The molecule has 1 aliphatic heterocycles. The molecular formula is C22H17N5O. The van der Waals surface area contributed by atoms with Crippen LogP contribution in [-0.4, -0.2) is 26.6 Å². The zero-order valence-electron chi connectivity index (χ0n) is 15.0. The Morgan fingerprint density at radius 1 is 1.07 bits per heavy atom. The van der Waals surface area contributed by atoms with E-state index in [0.717, 1.165) is 46.5 Å². The highest BCUT2D eigenvalue weighted by Gasteiger charge is 2.18. The SMILES string of the molecule is O=C(Nc1nc2ccccc2[nH]1)c1ccc2c(c1)CC(Cc1ccccn1)=N2. The molecule has 0 fully saturated rings. The Morgan fingerprint density at radius 3 is 2.82 bits per heavy atom. The van der Waals surface area contributed by atoms with Gasteiger partial charge in [-0.25, -0.2) is 4.98 Å². The second-order valence-electron chi connectivity index (χ2n) is 6.75. The number of carbonyl (C=O) groups is 1. The Kier molecular flexibility index (Phi) is 3.94. The molecule has 2 aromatic carbocycles. The number of carbonyl (C=O) groups excluding carboxylic acids is 1. The number of nitrogens with zero attached hydrogens (tertiary/aromatic N) is 3. The van der Waals surface area contributed by atoms with Crippen LogP contribution in [0.5, 0.6) is 0 Å². The van der Waals surface area contributed by atoms with E-state index >= 15 is 0 Å². The predicted molar refractivity (Wildman–Crippen MR) is 109 cm³/mol. The first-order chi connectivity index (χ1) is 13.7. The van der Waals surface area contributed by atoms with Gasteiger partial charge in [-0.15, -0.1) is 0 Å². The van der Waals surface area contributed by atoms with Crippen LogP contribution in [-0.2, 0) is 12.8 Å². The summed E-state index contributed by atoms with van der Waals surface area (Å²) in [5.41, 5.74) is 6.34. The minimum absolute atomic E-state index is 0.194. The van der Waals surface area contributed by atoms with Crippen molar-refractivity contribution in [1.29, 1.82) is 0 Å². The van der Waals surface area contributed by atoms with Gasteiger partial charge in [0.2, 0.25) is 5.95 Å². The van der Waals surface area contributed by atoms with E-state index in [2.05, 4.69) is 25.3 Å². The van der Waals surface area contributed by atoms with Crippen molar-refractivity contribution in [1.82, 2.24) is 15.0 Å². The quantitative estimate of drug-likeness (QED) is 0.570. The lowest BCUT2D eigenvalue weighted by atomic mass is 10.0. The maximum Gasteiger partial charge on any atom is 0.257 e. The Hall–Kier alpha value is -3.80. The Labute approximate surface area is 161 Å². The summed E-state index contributed by atoms with van der Waals surface area (Å²) in [4.78, 5) is 29.2. The largest absolute Gasteiger partial charge is 0.324 e. The molecular weight excluding hydrogens is 350 g/mol. The first-order valence-corrected chi connectivity index (χ1v) is 9.10. The maximum atomic E-state index is 12.6. The highest BCUT2D eigenvalue weighted by atomic mass is 16.1. The number of amides is 1. The third-order valence-corrected chi connectivity index (χ3v) is 4.75. The summed E-state index contributed by atoms with van der Waals surface area (Å²) in [5.74, 6) is 0.249. The lowest BCUT2D eigenvalue weighted by Gasteiger charge is -2.04. The van der Waals surface area contributed by atoms with Crippen molar-refractivity contribution in [3.05, 3.63) is 83.7 Å². The second kappa shape index (κ2) is 6.74. The fraction of sp³-hybridized carbons (Fsp3) is 0.0909. The molecule has 0 spiro atoms. The van der Waals surface area contributed by atoms with Crippen LogP contribution < -0.4 is 5.32 Å². The van der Waals surface area contributed by atoms with Crippen LogP contribution in [0.4, 0.5) is 11.6 Å². The number of imidazole rings is 1. The van der Waals surface area contributed by atoms with Gasteiger partial charge < -0.3 is 4.98 Å². The molecule has 6 heteroatoms. The van der Waals surface area contributed by atoms with Gasteiger partial charge >= 0.3 is 0 Å². The van der Waals surface area contributed by atoms with Crippen molar-refractivity contribution in [2.75, 3.05) is 5.32 Å². The molecule has 6 nitrogen and oxygen atoms in total. The van der Waals surface area contributed by atoms with Crippen molar-refractivity contribution < 1.29 is 4.79 Å². The molecule has 0 bridgehead atoms. The first kappa shape index (κ1) is 16.4. The third-order valence-electron chi connectivity index (χ3n) is 4.75. The van der Waals surface area contributed by atoms with E-state index in [1.807, 2.05) is 54.6 Å². The van der Waals surface area contributed by atoms with E-state index in [1.54, 1.807) is 12.3 Å². The summed E-state index contributed by atoms with van der Waals surface area (Å²) in [6.45, 7) is 0. The minimum atomic E-state index is -0.194. The predicted octanol–water partition coefficient (Wildman–Crippen LogP) is 4.08. The van der Waals surface area contributed by atoms with E-state index in [1.165, 1.54) is 0 Å². The number of aromatic amines is 1. The number of anilines is 1. The number of aliphatic imine (C=N–C) groups is 1. The maximum absolute atomic E-state index is 12.6. The van der Waals surface area contributed by atoms with Gasteiger partial charge in [0.05, 0.1) is 16.7 Å². The molecule has 2 N–H and O–H groups in total. The van der Waals surface area contributed by atoms with Crippen molar-refractivity contribution in [2.24, 2.45) is 4.99 Å². The van der Waals surface area contributed by atoms with E-state index in [9.17, 15) is 4.79 Å². The molecule has 2 aromatic heterocycles. The third kappa shape index (κ3) is 3.16. The van der Waals surface area contributed by atoms with Crippen molar-refractivity contribution >= 4 is 34.3 Å². The van der Waals surface area contributed by atoms with Gasteiger partial charge in [-0.2, -0.15) is 0 Å². The Bertz CT molecular complexity index is 1180. The number of pyridine rings is 1. The Balaban J connectivity index is 1.31. The van der Waals surface area contributed by atoms with Crippen LogP contribution in [0.3, 0.4) is 0 Å². The number of hydrogen-bond acceptors (Lipinski definition) is 4. The molecule has 0 saturated carbocycles. The average Bonchev–Trinajstić information content (AvgIpc) is 3.30. The van der Waals surface area contributed by atoms with Gasteiger partial charge in [0, 0.05) is 36.0 Å². The molecule has 136 valence electrons. The number of rotatable bonds is 4. The smallest absolute Gasteiger partial charge is 0.257 e. The van der Waals surface area contributed by atoms with E-state index in [4.69, 9.17) is 0 Å². The molecule has 1 amide bonds. The van der Waals surface area contributed by atoms with Gasteiger partial charge in [-0.05, 0) is 48.0 Å². The summed E-state index contributed by atoms with van der Waals surface area (Å²) in [6, 6.07) is 19.1. The number of para-hydroxylation sites is 2. The van der Waals surface area contributed by atoms with E-state index in [0.29, 0.717) is 11.5 Å². The highest BCUT2D eigenvalue weighted by Crippen LogP contribution is 2.29. The fourth-order valence-corrected chi connectivity index (χ4v) is 3.41. The summed E-state index contributed by atoms with van der Waals surface area (Å²) in [6.07, 6.45) is 3.24. The topological polar surface area (TPSA) is 83.0 Å². The summed E-state index contributed by atoms with van der Waals surface area (Å²) >= 11 is 0. The number of benzene rings is 2. The summed E-state index contributed by atoms with van der Waals surface area (Å²) < 4.78 is 0. The van der Waals surface area contributed by atoms with Crippen LogP contribution in [0.15, 0.2) is 71.9 Å². The number of nitrogens with one attached hydrogen (secondary N) is 2. The highest BCUT2D eigenvalue weighted by molar-refractivity contribution is 6.05. The van der Waals surface area contributed by atoms with Crippen LogP contribution >= 0.6 is 0 Å². The zero-order chi connectivity index (χ0) is 18.9. The second-order valence-corrected chi connectivity index (χ2v) is 6.75. The average molecular weight is 367 g/mol. The van der Waals surface area contributed by atoms with Gasteiger partial charge in [0.15, 0.2) is 0 Å². The van der Waals surface area contributed by atoms with Crippen LogP contribution in [0, 0.1) is 0 Å². The molecule has 0 atom stereocenters. The normalized spacial score (nSPS) is 12.6. The number of fused-ring (bicyclic) bond motifs is 2. The lowest BCUT2D eigenvalue weighted by molar-refractivity contribution is 0.102. The van der Waals surface area contributed by atoms with Gasteiger partial charge in [-0.3, -0.25) is 20.1 Å². The lowest BCUT2D eigenvalue weighted by Crippen LogP contribution is -2.13. The van der Waals surface area contributed by atoms with E-state index in [-0.39, 0.29) is 5.91 Å². The van der Waals surface area contributed by atoms with Crippen LogP contribution in [0.2, 0.25) is 0 Å². The molecule has 3 heterocycles. The van der Waals surface area contributed by atoms with E-state index < -0.39 is 0 Å². The molecule has 0 aliphatic carbocycles. The van der Waals surface area contributed by atoms with Crippen LogP contribution in [0.25, 0.3) is 11.0 Å². The summed E-state index contributed by atoms with van der Waals surface area (Å²) in [7, 11) is 0. The molecule has 5 rings (SSSR count). The zero-order valence-corrected chi connectivity index (χ0v) is 15.0. The standard InChI is InChI=1S/C22H17N5O/c28-21(27-22-25-19-6-1-2-7-20(19)26-22)14-8-9-18-15(11-14)12-17(24-18)13-16-5-3-4-10-23-16/h1-11H,12-13H2,(H2,25,26,27,28). The van der Waals surface area contributed by atoms with Crippen molar-refractivity contribution in [2.45, 2.75) is 12.8 Å². The molecule has 0 saturated heterocycles. The van der Waals surface area contributed by atoms with Gasteiger partial charge in [-0.1, -0.05) is 18.2 Å². The number of H-pyrrole nitrogens is 1. The van der Waals surface area contributed by atoms with Crippen molar-refractivity contribution in [3.8, 4) is 0 Å². The van der Waals surface area contributed by atoms with Crippen LogP contribution in [0.1, 0.15) is 21.6 Å². The molecule has 0 unspecified atom stereocenters. The first-order valence-electron chi connectivity index (χ1n) is 9.10. The van der Waals surface area contributed by atoms with Crippen molar-refractivity contribution in [3.63, 3.8) is 0 Å². The number of hydrogen-bond donors (Lipinski definition) is 2. The Morgan fingerprint density at radius 2 is 1.96 bits per heavy atom.